The highest BCUT2D eigenvalue weighted by molar-refractivity contribution is 5.89. The quantitative estimate of drug-likeness (QED) is 0.786. The van der Waals surface area contributed by atoms with Crippen LogP contribution >= 0.6 is 0 Å². The van der Waals surface area contributed by atoms with Crippen LogP contribution in [-0.4, -0.2) is 35.1 Å². The predicted molar refractivity (Wildman–Crippen MR) is 79.6 cm³/mol. The minimum absolute atomic E-state index is 0.262. The molecule has 0 fully saturated rings. The van der Waals surface area contributed by atoms with E-state index in [4.69, 9.17) is 10.4 Å². The second-order valence-corrected chi connectivity index (χ2v) is 4.21. The smallest absolute Gasteiger partial charge is 0.328 e. The zero-order valence-corrected chi connectivity index (χ0v) is 11.7. The first-order valence-electron chi connectivity index (χ1n) is 6.50. The summed E-state index contributed by atoms with van der Waals surface area (Å²) in [6, 6.07) is 8.54. The van der Waals surface area contributed by atoms with Crippen molar-refractivity contribution in [2.45, 2.75) is 13.3 Å². The monoisotopic (exact) mass is 287 g/mol. The summed E-state index contributed by atoms with van der Waals surface area (Å²) in [5, 5.41) is 19.8. The normalized spacial score (nSPS) is 10.1. The molecular weight excluding hydrogens is 270 g/mol. The highest BCUT2D eigenvalue weighted by Crippen LogP contribution is 2.11. The van der Waals surface area contributed by atoms with E-state index in [0.717, 1.165) is 11.6 Å². The summed E-state index contributed by atoms with van der Waals surface area (Å²) in [6.07, 6.45) is 2.81. The molecule has 0 bridgehead atoms. The van der Waals surface area contributed by atoms with E-state index in [1.807, 2.05) is 13.0 Å². The van der Waals surface area contributed by atoms with E-state index in [1.165, 1.54) is 6.08 Å². The summed E-state index contributed by atoms with van der Waals surface area (Å²) < 4.78 is 0. The van der Waals surface area contributed by atoms with Gasteiger partial charge in [-0.05, 0) is 30.7 Å². The lowest BCUT2D eigenvalue weighted by molar-refractivity contribution is -0.131. The lowest BCUT2D eigenvalue weighted by Crippen LogP contribution is -2.35. The zero-order chi connectivity index (χ0) is 15.7. The largest absolute Gasteiger partial charge is 0.478 e. The molecular formula is C15H17N3O3. The van der Waals surface area contributed by atoms with Crippen molar-refractivity contribution in [1.82, 2.24) is 4.90 Å². The Kier molecular flexibility index (Phi) is 6.48. The molecule has 0 radical (unpaired) electrons. The molecule has 0 saturated heterocycles. The Bertz CT molecular complexity index is 559. The van der Waals surface area contributed by atoms with Crippen molar-refractivity contribution in [3.63, 3.8) is 0 Å². The molecule has 0 atom stereocenters. The molecule has 0 heterocycles. The number of carboxylic acids is 1. The standard InChI is InChI=1S/C15H17N3O3/c1-2-18(11-3-10-16)15(21)17-13-7-4-12(5-8-13)6-9-14(19)20/h4-9H,2-3,11H2,1H3,(H,17,21)(H,19,20). The summed E-state index contributed by atoms with van der Waals surface area (Å²) in [5.41, 5.74) is 1.34. The van der Waals surface area contributed by atoms with Gasteiger partial charge in [0.1, 0.15) is 0 Å². The summed E-state index contributed by atoms with van der Waals surface area (Å²) >= 11 is 0. The Morgan fingerprint density at radius 1 is 1.38 bits per heavy atom. The number of hydrogen-bond acceptors (Lipinski definition) is 3. The number of carboxylic acid groups (broad SMARTS) is 1. The van der Waals surface area contributed by atoms with Crippen LogP contribution in [0.2, 0.25) is 0 Å². The van der Waals surface area contributed by atoms with Crippen molar-refractivity contribution in [1.29, 1.82) is 5.26 Å². The van der Waals surface area contributed by atoms with Crippen LogP contribution in [0.3, 0.4) is 0 Å². The van der Waals surface area contributed by atoms with E-state index in [9.17, 15) is 9.59 Å². The minimum atomic E-state index is -1.01. The third-order valence-electron chi connectivity index (χ3n) is 2.74. The Balaban J connectivity index is 2.64. The molecule has 0 aliphatic carbocycles. The molecule has 0 aliphatic heterocycles. The number of hydrogen-bond donors (Lipinski definition) is 2. The van der Waals surface area contributed by atoms with E-state index in [0.29, 0.717) is 25.2 Å². The number of nitrogens with zero attached hydrogens (tertiary/aromatic N) is 2. The lowest BCUT2D eigenvalue weighted by atomic mass is 10.2. The highest BCUT2D eigenvalue weighted by Gasteiger charge is 2.10. The number of amides is 2. The van der Waals surface area contributed by atoms with E-state index >= 15 is 0 Å². The second-order valence-electron chi connectivity index (χ2n) is 4.21. The van der Waals surface area contributed by atoms with Gasteiger partial charge in [0.2, 0.25) is 0 Å². The first-order chi connectivity index (χ1) is 10.1. The molecule has 0 saturated carbocycles. The van der Waals surface area contributed by atoms with Gasteiger partial charge in [-0.3, -0.25) is 0 Å². The van der Waals surface area contributed by atoms with Gasteiger partial charge in [-0.25, -0.2) is 9.59 Å². The van der Waals surface area contributed by atoms with Crippen LogP contribution in [0.25, 0.3) is 6.08 Å². The van der Waals surface area contributed by atoms with Gasteiger partial charge in [-0.1, -0.05) is 12.1 Å². The van der Waals surface area contributed by atoms with Crippen molar-refractivity contribution in [2.24, 2.45) is 0 Å². The van der Waals surface area contributed by atoms with Gasteiger partial charge in [0, 0.05) is 24.9 Å². The van der Waals surface area contributed by atoms with E-state index in [2.05, 4.69) is 5.32 Å². The molecule has 0 aromatic heterocycles. The third-order valence-corrected chi connectivity index (χ3v) is 2.74. The molecule has 110 valence electrons. The number of benzene rings is 1. The van der Waals surface area contributed by atoms with Crippen molar-refractivity contribution in [3.05, 3.63) is 35.9 Å². The van der Waals surface area contributed by atoms with Crippen LogP contribution in [0, 0.1) is 11.3 Å². The third kappa shape index (κ3) is 5.78. The summed E-state index contributed by atoms with van der Waals surface area (Å²) in [5.74, 6) is -1.01. The fourth-order valence-electron chi connectivity index (χ4n) is 1.64. The van der Waals surface area contributed by atoms with Crippen molar-refractivity contribution < 1.29 is 14.7 Å². The van der Waals surface area contributed by atoms with E-state index in [-0.39, 0.29) is 6.03 Å². The van der Waals surface area contributed by atoms with E-state index in [1.54, 1.807) is 29.2 Å². The maximum Gasteiger partial charge on any atom is 0.328 e. The highest BCUT2D eigenvalue weighted by atomic mass is 16.4. The topological polar surface area (TPSA) is 93.4 Å². The maximum atomic E-state index is 12.0. The molecule has 6 nitrogen and oxygen atoms in total. The van der Waals surface area contributed by atoms with Crippen molar-refractivity contribution in [3.8, 4) is 6.07 Å². The van der Waals surface area contributed by atoms with E-state index < -0.39 is 5.97 Å². The van der Waals surface area contributed by atoms with Crippen LogP contribution in [0.1, 0.15) is 18.9 Å². The molecule has 1 aromatic rings. The van der Waals surface area contributed by atoms with Gasteiger partial charge in [-0.2, -0.15) is 5.26 Å². The fraction of sp³-hybridized carbons (Fsp3) is 0.267. The summed E-state index contributed by atoms with van der Waals surface area (Å²) in [7, 11) is 0. The maximum absolute atomic E-state index is 12.0. The number of carbonyl (C=O) groups excluding carboxylic acids is 1. The molecule has 6 heteroatoms. The molecule has 2 amide bonds. The van der Waals surface area contributed by atoms with Gasteiger partial charge >= 0.3 is 12.0 Å². The minimum Gasteiger partial charge on any atom is -0.478 e. The Morgan fingerprint density at radius 2 is 2.05 bits per heavy atom. The lowest BCUT2D eigenvalue weighted by Gasteiger charge is -2.20. The van der Waals surface area contributed by atoms with Gasteiger partial charge in [-0.15, -0.1) is 0 Å². The average Bonchev–Trinajstić information content (AvgIpc) is 2.47. The summed E-state index contributed by atoms with van der Waals surface area (Å²) in [6.45, 7) is 2.75. The molecule has 2 N–H and O–H groups in total. The zero-order valence-electron chi connectivity index (χ0n) is 11.7. The molecule has 0 aliphatic rings. The van der Waals surface area contributed by atoms with Gasteiger partial charge in [0.15, 0.2) is 0 Å². The Hall–Kier alpha value is -2.81. The number of nitriles is 1. The molecule has 1 rings (SSSR count). The number of rotatable bonds is 6. The van der Waals surface area contributed by atoms with Crippen molar-refractivity contribution >= 4 is 23.8 Å². The number of urea groups is 1. The van der Waals surface area contributed by atoms with Crippen LogP contribution in [0.5, 0.6) is 0 Å². The molecule has 21 heavy (non-hydrogen) atoms. The Labute approximate surface area is 123 Å². The number of carbonyl (C=O) groups is 2. The number of anilines is 1. The van der Waals surface area contributed by atoms with Crippen LogP contribution < -0.4 is 5.32 Å². The van der Waals surface area contributed by atoms with Crippen LogP contribution in [0.15, 0.2) is 30.3 Å². The molecule has 1 aromatic carbocycles. The Morgan fingerprint density at radius 3 is 2.57 bits per heavy atom. The van der Waals surface area contributed by atoms with Gasteiger partial charge < -0.3 is 15.3 Å². The molecule has 0 spiro atoms. The van der Waals surface area contributed by atoms with Crippen LogP contribution in [0.4, 0.5) is 10.5 Å². The SMILES string of the molecule is CCN(CCC#N)C(=O)Nc1ccc(C=CC(=O)O)cc1. The number of aliphatic carboxylic acids is 1. The van der Waals surface area contributed by atoms with Gasteiger partial charge in [0.05, 0.1) is 12.5 Å². The number of nitrogens with one attached hydrogen (secondary N) is 1. The van der Waals surface area contributed by atoms with Crippen molar-refractivity contribution in [2.75, 3.05) is 18.4 Å². The van der Waals surface area contributed by atoms with Gasteiger partial charge in [0.25, 0.3) is 0 Å². The fourth-order valence-corrected chi connectivity index (χ4v) is 1.64. The molecule has 0 unspecified atom stereocenters. The predicted octanol–water partition coefficient (Wildman–Crippen LogP) is 2.55. The average molecular weight is 287 g/mol. The first-order valence-corrected chi connectivity index (χ1v) is 6.50. The second kappa shape index (κ2) is 8.38. The van der Waals surface area contributed by atoms with Crippen LogP contribution in [-0.2, 0) is 4.79 Å². The first kappa shape index (κ1) is 16.2. The summed E-state index contributed by atoms with van der Waals surface area (Å²) in [4.78, 5) is 23.9.